The normalized spacial score (nSPS) is 20.5. The second-order valence-electron chi connectivity index (χ2n) is 7.20. The fourth-order valence-corrected chi connectivity index (χ4v) is 3.80. The van der Waals surface area contributed by atoms with E-state index < -0.39 is 0 Å². The second-order valence-corrected chi connectivity index (χ2v) is 7.20. The summed E-state index contributed by atoms with van der Waals surface area (Å²) in [7, 11) is 0. The molecule has 4 nitrogen and oxygen atoms in total. The number of nitrogens with zero attached hydrogens (tertiary/aromatic N) is 1. The minimum absolute atomic E-state index is 0.0314. The Morgan fingerprint density at radius 1 is 1.00 bits per heavy atom. The number of rotatable bonds is 6. The van der Waals surface area contributed by atoms with Gasteiger partial charge in [0.25, 0.3) is 0 Å². The van der Waals surface area contributed by atoms with Crippen LogP contribution in [-0.4, -0.2) is 24.9 Å². The Labute approximate surface area is 154 Å². The average Bonchev–Trinajstić information content (AvgIpc) is 3.37. The number of para-hydroxylation sites is 1. The van der Waals surface area contributed by atoms with Gasteiger partial charge in [-0.05, 0) is 42.9 Å². The molecular formula is C22H24N2O2. The Balaban J connectivity index is 1.23. The van der Waals surface area contributed by atoms with Crippen molar-refractivity contribution in [2.45, 2.75) is 25.7 Å². The van der Waals surface area contributed by atoms with Crippen LogP contribution in [-0.2, 0) is 22.4 Å². The lowest BCUT2D eigenvalue weighted by Crippen LogP contribution is -2.33. The summed E-state index contributed by atoms with van der Waals surface area (Å²) in [6.45, 7) is 1.40. The number of hydrogen-bond acceptors (Lipinski definition) is 2. The molecule has 2 aliphatic rings. The van der Waals surface area contributed by atoms with Gasteiger partial charge in [-0.25, -0.2) is 0 Å². The molecule has 2 unspecified atom stereocenters. The lowest BCUT2D eigenvalue weighted by atomic mass is 10.1. The van der Waals surface area contributed by atoms with E-state index in [1.165, 1.54) is 11.1 Å². The highest BCUT2D eigenvalue weighted by Crippen LogP contribution is 2.42. The zero-order chi connectivity index (χ0) is 17.9. The van der Waals surface area contributed by atoms with Crippen molar-refractivity contribution in [1.82, 2.24) is 5.32 Å². The molecule has 2 atom stereocenters. The van der Waals surface area contributed by atoms with E-state index in [9.17, 15) is 9.59 Å². The molecule has 2 amide bonds. The average molecular weight is 348 g/mol. The van der Waals surface area contributed by atoms with Crippen molar-refractivity contribution in [2.24, 2.45) is 11.8 Å². The number of fused-ring (bicyclic) bond motifs is 1. The summed E-state index contributed by atoms with van der Waals surface area (Å²) in [4.78, 5) is 26.9. The van der Waals surface area contributed by atoms with E-state index in [0.29, 0.717) is 13.0 Å². The van der Waals surface area contributed by atoms with Crippen LogP contribution in [0, 0.1) is 11.8 Å². The predicted molar refractivity (Wildman–Crippen MR) is 102 cm³/mol. The first-order chi connectivity index (χ1) is 12.7. The Morgan fingerprint density at radius 2 is 1.77 bits per heavy atom. The van der Waals surface area contributed by atoms with Gasteiger partial charge in [-0.15, -0.1) is 0 Å². The first-order valence-corrected chi connectivity index (χ1v) is 9.45. The van der Waals surface area contributed by atoms with Crippen molar-refractivity contribution in [3.8, 4) is 0 Å². The minimum atomic E-state index is -0.146. The molecule has 1 saturated carbocycles. The van der Waals surface area contributed by atoms with Gasteiger partial charge < -0.3 is 10.2 Å². The number of aryl methyl sites for hydroxylation is 1. The lowest BCUT2D eigenvalue weighted by molar-refractivity contribution is -0.126. The summed E-state index contributed by atoms with van der Waals surface area (Å²) in [5, 5.41) is 3.00. The third-order valence-corrected chi connectivity index (χ3v) is 5.38. The van der Waals surface area contributed by atoms with Crippen LogP contribution in [0.3, 0.4) is 0 Å². The summed E-state index contributed by atoms with van der Waals surface area (Å²) in [5.74, 6) is -0.148. The second kappa shape index (κ2) is 7.32. The quantitative estimate of drug-likeness (QED) is 0.816. The number of carbonyl (C=O) groups is 2. The zero-order valence-electron chi connectivity index (χ0n) is 14.9. The Bertz CT molecular complexity index is 803. The van der Waals surface area contributed by atoms with Crippen LogP contribution in [0.2, 0.25) is 0 Å². The van der Waals surface area contributed by atoms with Gasteiger partial charge in [0.2, 0.25) is 11.8 Å². The number of hydrogen-bond donors (Lipinski definition) is 1. The molecule has 2 aromatic carbocycles. The molecule has 1 N–H and O–H groups in total. The number of amides is 2. The fourth-order valence-electron chi connectivity index (χ4n) is 3.80. The summed E-state index contributed by atoms with van der Waals surface area (Å²) in [5.41, 5.74) is 3.53. The first kappa shape index (κ1) is 16.8. The van der Waals surface area contributed by atoms with Gasteiger partial charge in [0.1, 0.15) is 0 Å². The SMILES string of the molecule is O=C(NCCCc1ccccc1)C1CC1C(=O)N1CCc2ccccc21. The molecule has 0 bridgehead atoms. The maximum absolute atomic E-state index is 12.7. The molecule has 0 radical (unpaired) electrons. The Morgan fingerprint density at radius 3 is 2.62 bits per heavy atom. The van der Waals surface area contributed by atoms with Gasteiger partial charge in [-0.1, -0.05) is 48.5 Å². The molecule has 4 heteroatoms. The summed E-state index contributed by atoms with van der Waals surface area (Å²) in [6.07, 6.45) is 3.46. The van der Waals surface area contributed by atoms with Crippen LogP contribution in [0.5, 0.6) is 0 Å². The van der Waals surface area contributed by atoms with Crippen molar-refractivity contribution in [3.63, 3.8) is 0 Å². The van der Waals surface area contributed by atoms with Crippen LogP contribution >= 0.6 is 0 Å². The third kappa shape index (κ3) is 3.50. The molecule has 2 aromatic rings. The van der Waals surface area contributed by atoms with E-state index in [0.717, 1.165) is 31.5 Å². The van der Waals surface area contributed by atoms with Crippen molar-refractivity contribution in [1.29, 1.82) is 0 Å². The lowest BCUT2D eigenvalue weighted by Gasteiger charge is -2.17. The number of benzene rings is 2. The molecule has 0 aromatic heterocycles. The van der Waals surface area contributed by atoms with Gasteiger partial charge >= 0.3 is 0 Å². The van der Waals surface area contributed by atoms with Crippen LogP contribution < -0.4 is 10.2 Å². The predicted octanol–water partition coefficient (Wildman–Crippen LogP) is 2.96. The molecule has 0 saturated heterocycles. The highest BCUT2D eigenvalue weighted by molar-refractivity contribution is 6.02. The van der Waals surface area contributed by atoms with Crippen LogP contribution in [0.1, 0.15) is 24.0 Å². The van der Waals surface area contributed by atoms with Crippen molar-refractivity contribution >= 4 is 17.5 Å². The molecule has 1 aliphatic carbocycles. The van der Waals surface area contributed by atoms with E-state index in [4.69, 9.17) is 0 Å². The smallest absolute Gasteiger partial charge is 0.230 e. The van der Waals surface area contributed by atoms with Crippen LogP contribution in [0.15, 0.2) is 54.6 Å². The van der Waals surface area contributed by atoms with Crippen LogP contribution in [0.4, 0.5) is 5.69 Å². The van der Waals surface area contributed by atoms with Crippen molar-refractivity contribution < 1.29 is 9.59 Å². The van der Waals surface area contributed by atoms with Crippen molar-refractivity contribution in [3.05, 3.63) is 65.7 Å². The Kier molecular flexibility index (Phi) is 4.74. The van der Waals surface area contributed by atoms with Gasteiger partial charge in [-0.3, -0.25) is 9.59 Å². The Hall–Kier alpha value is -2.62. The largest absolute Gasteiger partial charge is 0.356 e. The third-order valence-electron chi connectivity index (χ3n) is 5.38. The van der Waals surface area contributed by atoms with Gasteiger partial charge in [-0.2, -0.15) is 0 Å². The first-order valence-electron chi connectivity index (χ1n) is 9.45. The van der Waals surface area contributed by atoms with Crippen LogP contribution in [0.25, 0.3) is 0 Å². The van der Waals surface area contributed by atoms with Crippen molar-refractivity contribution in [2.75, 3.05) is 18.0 Å². The van der Waals surface area contributed by atoms with E-state index in [1.807, 2.05) is 41.3 Å². The monoisotopic (exact) mass is 348 g/mol. The summed E-state index contributed by atoms with van der Waals surface area (Å²) >= 11 is 0. The maximum atomic E-state index is 12.7. The fraction of sp³-hybridized carbons (Fsp3) is 0.364. The highest BCUT2D eigenvalue weighted by Gasteiger charge is 2.50. The van der Waals surface area contributed by atoms with E-state index >= 15 is 0 Å². The number of carbonyl (C=O) groups excluding carboxylic acids is 2. The summed E-state index contributed by atoms with van der Waals surface area (Å²) < 4.78 is 0. The number of nitrogens with one attached hydrogen (secondary N) is 1. The van der Waals surface area contributed by atoms with E-state index in [2.05, 4.69) is 23.5 Å². The molecule has 1 fully saturated rings. The zero-order valence-corrected chi connectivity index (χ0v) is 14.9. The van der Waals surface area contributed by atoms with E-state index in [1.54, 1.807) is 0 Å². The molecule has 1 aliphatic heterocycles. The topological polar surface area (TPSA) is 49.4 Å². The van der Waals surface area contributed by atoms with Gasteiger partial charge in [0.15, 0.2) is 0 Å². The molecule has 1 heterocycles. The highest BCUT2D eigenvalue weighted by atomic mass is 16.2. The molecule has 134 valence electrons. The summed E-state index contributed by atoms with van der Waals surface area (Å²) in [6, 6.07) is 18.3. The maximum Gasteiger partial charge on any atom is 0.230 e. The molecule has 0 spiro atoms. The molecule has 26 heavy (non-hydrogen) atoms. The van der Waals surface area contributed by atoms with Gasteiger partial charge in [0, 0.05) is 18.8 Å². The molecule has 4 rings (SSSR count). The molecular weight excluding hydrogens is 324 g/mol. The van der Waals surface area contributed by atoms with Gasteiger partial charge in [0.05, 0.1) is 11.8 Å². The van der Waals surface area contributed by atoms with E-state index in [-0.39, 0.29) is 23.7 Å². The number of anilines is 1. The minimum Gasteiger partial charge on any atom is -0.356 e. The standard InChI is InChI=1S/C22H24N2O2/c25-21(23-13-6-9-16-7-2-1-3-8-16)18-15-19(18)22(26)24-14-12-17-10-4-5-11-20(17)24/h1-5,7-8,10-11,18-19H,6,9,12-15H2,(H,23,25).